The van der Waals surface area contributed by atoms with Gasteiger partial charge in [0.1, 0.15) is 0 Å². The van der Waals surface area contributed by atoms with Gasteiger partial charge in [-0.2, -0.15) is 0 Å². The van der Waals surface area contributed by atoms with Gasteiger partial charge in [-0.1, -0.05) is 6.07 Å². The van der Waals surface area contributed by atoms with Crippen LogP contribution in [-0.4, -0.2) is 30.1 Å². The lowest BCUT2D eigenvalue weighted by Crippen LogP contribution is -2.27. The summed E-state index contributed by atoms with van der Waals surface area (Å²) in [4.78, 5) is 21.3. The topological polar surface area (TPSA) is 99.4 Å². The molecule has 2 heterocycles. The Morgan fingerprint density at radius 2 is 1.89 bits per heavy atom. The molecule has 0 fully saturated rings. The second-order valence-corrected chi connectivity index (χ2v) is 6.42. The average molecular weight is 380 g/mol. The lowest BCUT2D eigenvalue weighted by atomic mass is 9.94. The minimum Gasteiger partial charge on any atom is -0.493 e. The van der Waals surface area contributed by atoms with E-state index >= 15 is 0 Å². The lowest BCUT2D eigenvalue weighted by molar-refractivity contribution is -0.122. The quantitative estimate of drug-likeness (QED) is 0.653. The number of aromatic nitrogens is 2. The van der Waals surface area contributed by atoms with Crippen LogP contribution in [0.2, 0.25) is 0 Å². The number of benzene rings is 1. The summed E-state index contributed by atoms with van der Waals surface area (Å²) < 4.78 is 10.8. The van der Waals surface area contributed by atoms with Gasteiger partial charge in [0.15, 0.2) is 11.5 Å². The van der Waals surface area contributed by atoms with Crippen molar-refractivity contribution in [2.75, 3.05) is 14.2 Å². The van der Waals surface area contributed by atoms with Gasteiger partial charge in [0.2, 0.25) is 5.91 Å². The molecule has 2 aromatic heterocycles. The molecule has 7 nitrogen and oxygen atoms in total. The first-order valence-corrected chi connectivity index (χ1v) is 8.99. The maximum Gasteiger partial charge on any atom is 0.227 e. The highest BCUT2D eigenvalue weighted by Crippen LogP contribution is 2.36. The Hall–Kier alpha value is -3.19. The van der Waals surface area contributed by atoms with Gasteiger partial charge in [-0.15, -0.1) is 0 Å². The highest BCUT2D eigenvalue weighted by Gasteiger charge is 2.21. The van der Waals surface area contributed by atoms with Crippen LogP contribution in [0.15, 0.2) is 42.9 Å². The number of carbonyl (C=O) groups excluding carboxylic acids is 1. The largest absolute Gasteiger partial charge is 0.493 e. The molecule has 3 N–H and O–H groups in total. The predicted molar refractivity (Wildman–Crippen MR) is 107 cm³/mol. The SMILES string of the molecule is COc1cc2c(C(C)C(=O)NCc3cccnc3)cnc(CN)c2cc1OC. The van der Waals surface area contributed by atoms with Crippen molar-refractivity contribution in [1.82, 2.24) is 15.3 Å². The molecule has 7 heteroatoms. The zero-order valence-corrected chi connectivity index (χ0v) is 16.2. The predicted octanol–water partition coefficient (Wildman–Crippen LogP) is 2.53. The fourth-order valence-electron chi connectivity index (χ4n) is 3.14. The van der Waals surface area contributed by atoms with Crippen LogP contribution in [0.3, 0.4) is 0 Å². The van der Waals surface area contributed by atoms with Crippen molar-refractivity contribution in [3.63, 3.8) is 0 Å². The molecule has 146 valence electrons. The molecular weight excluding hydrogens is 356 g/mol. The second kappa shape index (κ2) is 8.67. The molecular formula is C21H24N4O3. The van der Waals surface area contributed by atoms with Gasteiger partial charge in [0, 0.05) is 37.1 Å². The van der Waals surface area contributed by atoms with Crippen LogP contribution < -0.4 is 20.5 Å². The Labute approximate surface area is 163 Å². The average Bonchev–Trinajstić information content (AvgIpc) is 2.75. The molecule has 0 aliphatic heterocycles. The van der Waals surface area contributed by atoms with Crippen LogP contribution in [0.25, 0.3) is 10.8 Å². The third kappa shape index (κ3) is 3.89. The number of fused-ring (bicyclic) bond motifs is 1. The monoisotopic (exact) mass is 380 g/mol. The molecule has 28 heavy (non-hydrogen) atoms. The Balaban J connectivity index is 1.95. The van der Waals surface area contributed by atoms with Crippen LogP contribution >= 0.6 is 0 Å². The van der Waals surface area contributed by atoms with Crippen molar-refractivity contribution in [2.45, 2.75) is 25.9 Å². The van der Waals surface area contributed by atoms with Crippen LogP contribution in [-0.2, 0) is 17.9 Å². The van der Waals surface area contributed by atoms with Crippen molar-refractivity contribution in [1.29, 1.82) is 0 Å². The Kier molecular flexibility index (Phi) is 6.06. The maximum absolute atomic E-state index is 12.8. The van der Waals surface area contributed by atoms with Gasteiger partial charge in [0.25, 0.3) is 0 Å². The highest BCUT2D eigenvalue weighted by atomic mass is 16.5. The number of ether oxygens (including phenoxy) is 2. The number of rotatable bonds is 7. The summed E-state index contributed by atoms with van der Waals surface area (Å²) >= 11 is 0. The molecule has 0 aliphatic rings. The molecule has 0 saturated carbocycles. The van der Waals surface area contributed by atoms with E-state index in [0.29, 0.717) is 18.0 Å². The first kappa shape index (κ1) is 19.6. The van der Waals surface area contributed by atoms with Gasteiger partial charge >= 0.3 is 0 Å². The van der Waals surface area contributed by atoms with E-state index in [4.69, 9.17) is 15.2 Å². The number of hydrogen-bond donors (Lipinski definition) is 2. The van der Waals surface area contributed by atoms with E-state index < -0.39 is 5.92 Å². The van der Waals surface area contributed by atoms with Crippen LogP contribution in [0, 0.1) is 0 Å². The summed E-state index contributed by atoms with van der Waals surface area (Å²) in [5, 5.41) is 4.68. The van der Waals surface area contributed by atoms with Crippen molar-refractivity contribution < 1.29 is 14.3 Å². The molecule has 3 rings (SSSR count). The van der Waals surface area contributed by atoms with Gasteiger partial charge < -0.3 is 20.5 Å². The van der Waals surface area contributed by atoms with Gasteiger partial charge in [-0.05, 0) is 41.6 Å². The molecule has 3 aromatic rings. The number of hydrogen-bond acceptors (Lipinski definition) is 6. The third-order valence-electron chi connectivity index (χ3n) is 4.75. The summed E-state index contributed by atoms with van der Waals surface area (Å²) in [6, 6.07) is 7.48. The summed E-state index contributed by atoms with van der Waals surface area (Å²) in [6.45, 7) is 2.56. The molecule has 1 unspecified atom stereocenters. The van der Waals surface area contributed by atoms with E-state index in [-0.39, 0.29) is 12.5 Å². The van der Waals surface area contributed by atoms with E-state index in [1.807, 2.05) is 31.2 Å². The number of amides is 1. The Morgan fingerprint density at radius 1 is 1.18 bits per heavy atom. The molecule has 0 aliphatic carbocycles. The Morgan fingerprint density at radius 3 is 2.50 bits per heavy atom. The second-order valence-electron chi connectivity index (χ2n) is 6.42. The van der Waals surface area contributed by atoms with Crippen molar-refractivity contribution in [2.24, 2.45) is 5.73 Å². The molecule has 0 spiro atoms. The van der Waals surface area contributed by atoms with E-state index in [1.165, 1.54) is 0 Å². The summed E-state index contributed by atoms with van der Waals surface area (Å²) in [5.41, 5.74) is 8.34. The normalized spacial score (nSPS) is 11.9. The smallest absolute Gasteiger partial charge is 0.227 e. The third-order valence-corrected chi connectivity index (χ3v) is 4.75. The van der Waals surface area contributed by atoms with Gasteiger partial charge in [-0.3, -0.25) is 14.8 Å². The van der Waals surface area contributed by atoms with Gasteiger partial charge in [0.05, 0.1) is 25.8 Å². The standard InChI is InChI=1S/C21H24N4O3/c1-13(21(26)25-11-14-5-4-6-23-10-14)17-12-24-18(9-22)16-8-20(28-3)19(27-2)7-15(16)17/h4-8,10,12-13H,9,11,22H2,1-3H3,(H,25,26). The zero-order valence-electron chi connectivity index (χ0n) is 16.2. The van der Waals surface area contributed by atoms with Gasteiger partial charge in [-0.25, -0.2) is 0 Å². The summed E-state index contributed by atoms with van der Waals surface area (Å²) in [6.07, 6.45) is 5.15. The van der Waals surface area contributed by atoms with Crippen LogP contribution in [0.5, 0.6) is 11.5 Å². The van der Waals surface area contributed by atoms with E-state index in [2.05, 4.69) is 15.3 Å². The fraction of sp³-hybridized carbons (Fsp3) is 0.286. The van der Waals surface area contributed by atoms with Crippen LogP contribution in [0.1, 0.15) is 29.7 Å². The summed E-state index contributed by atoms with van der Waals surface area (Å²) in [5.74, 6) is 0.685. The number of carbonyl (C=O) groups is 1. The zero-order chi connectivity index (χ0) is 20.1. The lowest BCUT2D eigenvalue weighted by Gasteiger charge is -2.18. The van der Waals surface area contributed by atoms with E-state index in [9.17, 15) is 4.79 Å². The molecule has 0 saturated heterocycles. The first-order chi connectivity index (χ1) is 13.6. The van der Waals surface area contributed by atoms with Crippen molar-refractivity contribution >= 4 is 16.7 Å². The number of methoxy groups -OCH3 is 2. The highest BCUT2D eigenvalue weighted by molar-refractivity contribution is 5.95. The number of nitrogens with zero attached hydrogens (tertiary/aromatic N) is 2. The molecule has 0 radical (unpaired) electrons. The molecule has 0 bridgehead atoms. The first-order valence-electron chi connectivity index (χ1n) is 8.99. The summed E-state index contributed by atoms with van der Waals surface area (Å²) in [7, 11) is 3.16. The fourth-order valence-corrected chi connectivity index (χ4v) is 3.14. The maximum atomic E-state index is 12.8. The number of nitrogens with two attached hydrogens (primary N) is 1. The van der Waals surface area contributed by atoms with Crippen LogP contribution in [0.4, 0.5) is 0 Å². The van der Waals surface area contributed by atoms with Crippen molar-refractivity contribution in [3.8, 4) is 11.5 Å². The molecule has 1 atom stereocenters. The molecule has 1 amide bonds. The minimum absolute atomic E-state index is 0.0952. The number of nitrogens with one attached hydrogen (secondary N) is 1. The van der Waals surface area contributed by atoms with E-state index in [1.54, 1.807) is 32.8 Å². The minimum atomic E-state index is -0.406. The number of pyridine rings is 2. The Bertz CT molecular complexity index is 976. The van der Waals surface area contributed by atoms with E-state index in [0.717, 1.165) is 27.6 Å². The molecule has 1 aromatic carbocycles. The van der Waals surface area contributed by atoms with Crippen molar-refractivity contribution in [3.05, 3.63) is 59.7 Å².